The number of hydrogen-bond acceptors (Lipinski definition) is 6. The van der Waals surface area contributed by atoms with Gasteiger partial charge in [0.2, 0.25) is 5.89 Å². The minimum Gasteiger partial charge on any atom is -0.444 e. The monoisotopic (exact) mass is 402 g/mol. The Kier molecular flexibility index (Phi) is 5.10. The summed E-state index contributed by atoms with van der Waals surface area (Å²) >= 11 is 9.29. The molecule has 0 aliphatic rings. The fraction of sp³-hybridized carbons (Fsp3) is 0.167. The Morgan fingerprint density at radius 2 is 2.15 bits per heavy atom. The number of halogens is 1. The average Bonchev–Trinajstić information content (AvgIpc) is 3.39. The zero-order chi connectivity index (χ0) is 17.9. The van der Waals surface area contributed by atoms with Crippen molar-refractivity contribution >= 4 is 34.7 Å². The molecule has 0 saturated carbocycles. The first-order valence-electron chi connectivity index (χ1n) is 8.05. The zero-order valence-electron chi connectivity index (χ0n) is 13.9. The van der Waals surface area contributed by atoms with Crippen LogP contribution in [0.25, 0.3) is 22.2 Å². The molecule has 0 atom stereocenters. The van der Waals surface area contributed by atoms with Crippen molar-refractivity contribution in [2.75, 3.05) is 0 Å². The fourth-order valence-electron chi connectivity index (χ4n) is 2.53. The highest BCUT2D eigenvalue weighted by molar-refractivity contribution is 7.98. The van der Waals surface area contributed by atoms with Crippen LogP contribution in [0.3, 0.4) is 0 Å². The largest absolute Gasteiger partial charge is 0.444 e. The first-order valence-corrected chi connectivity index (χ1v) is 10.3. The number of oxazole rings is 1. The molecular formula is C18H15ClN4OS2. The van der Waals surface area contributed by atoms with Gasteiger partial charge in [-0.1, -0.05) is 35.5 Å². The first kappa shape index (κ1) is 17.3. The van der Waals surface area contributed by atoms with Crippen LogP contribution in [0.4, 0.5) is 0 Å². The maximum absolute atomic E-state index is 6.03. The van der Waals surface area contributed by atoms with E-state index in [9.17, 15) is 0 Å². The first-order chi connectivity index (χ1) is 12.7. The second-order valence-corrected chi connectivity index (χ2v) is 7.80. The molecule has 8 heteroatoms. The number of thiophene rings is 1. The third-order valence-electron chi connectivity index (χ3n) is 3.75. The van der Waals surface area contributed by atoms with Crippen molar-refractivity contribution < 1.29 is 4.42 Å². The summed E-state index contributed by atoms with van der Waals surface area (Å²) in [7, 11) is 0. The Morgan fingerprint density at radius 1 is 1.23 bits per heavy atom. The average molecular weight is 403 g/mol. The summed E-state index contributed by atoms with van der Waals surface area (Å²) in [6.07, 6.45) is 1.68. The molecule has 0 N–H and O–H groups in total. The van der Waals surface area contributed by atoms with Gasteiger partial charge >= 0.3 is 0 Å². The van der Waals surface area contributed by atoms with Gasteiger partial charge in [-0.25, -0.2) is 4.98 Å². The van der Waals surface area contributed by atoms with Gasteiger partial charge in [0, 0.05) is 22.9 Å². The van der Waals surface area contributed by atoms with Crippen LogP contribution in [0.5, 0.6) is 0 Å². The van der Waals surface area contributed by atoms with Crippen molar-refractivity contribution in [1.29, 1.82) is 0 Å². The molecule has 0 fully saturated rings. The van der Waals surface area contributed by atoms with E-state index in [0.29, 0.717) is 16.7 Å². The normalized spacial score (nSPS) is 11.2. The summed E-state index contributed by atoms with van der Waals surface area (Å²) in [6, 6.07) is 11.6. The van der Waals surface area contributed by atoms with Crippen LogP contribution in [0.1, 0.15) is 12.6 Å². The van der Waals surface area contributed by atoms with Gasteiger partial charge < -0.3 is 8.98 Å². The highest BCUT2D eigenvalue weighted by atomic mass is 35.5. The van der Waals surface area contributed by atoms with Gasteiger partial charge in [-0.15, -0.1) is 21.5 Å². The lowest BCUT2D eigenvalue weighted by atomic mass is 10.2. The van der Waals surface area contributed by atoms with E-state index in [4.69, 9.17) is 16.0 Å². The Balaban J connectivity index is 1.50. The quantitative estimate of drug-likeness (QED) is 0.391. The van der Waals surface area contributed by atoms with Crippen LogP contribution in [-0.2, 0) is 12.3 Å². The molecule has 3 heterocycles. The van der Waals surface area contributed by atoms with Gasteiger partial charge in [-0.3, -0.25) is 0 Å². The second-order valence-electron chi connectivity index (χ2n) is 5.47. The van der Waals surface area contributed by atoms with E-state index in [2.05, 4.69) is 32.7 Å². The van der Waals surface area contributed by atoms with Crippen LogP contribution in [0, 0.1) is 0 Å². The molecular weight excluding hydrogens is 388 g/mol. The number of hydrogen-bond donors (Lipinski definition) is 0. The minimum absolute atomic E-state index is 0.569. The summed E-state index contributed by atoms with van der Waals surface area (Å²) in [4.78, 5) is 5.67. The van der Waals surface area contributed by atoms with Gasteiger partial charge in [0.05, 0.1) is 10.6 Å². The highest BCUT2D eigenvalue weighted by Crippen LogP contribution is 2.29. The Bertz CT molecular complexity index is 1010. The van der Waals surface area contributed by atoms with Crippen molar-refractivity contribution in [3.8, 4) is 22.2 Å². The fourth-order valence-corrected chi connectivity index (χ4v) is 4.32. The zero-order valence-corrected chi connectivity index (χ0v) is 16.3. The van der Waals surface area contributed by atoms with Crippen molar-refractivity contribution in [1.82, 2.24) is 19.7 Å². The Labute approximate surface area is 164 Å². The van der Waals surface area contributed by atoms with Gasteiger partial charge in [0.1, 0.15) is 6.26 Å². The molecule has 0 saturated heterocycles. The lowest BCUT2D eigenvalue weighted by Gasteiger charge is -2.05. The van der Waals surface area contributed by atoms with Gasteiger partial charge in [0.15, 0.2) is 11.0 Å². The maximum atomic E-state index is 6.03. The van der Waals surface area contributed by atoms with Crippen molar-refractivity contribution in [3.63, 3.8) is 0 Å². The number of thioether (sulfide) groups is 1. The SMILES string of the molecule is CCn1c(SCc2coc(-c3cccc(Cl)c3)n2)nnc1-c1cccs1. The van der Waals surface area contributed by atoms with Crippen LogP contribution in [0.2, 0.25) is 5.02 Å². The molecule has 132 valence electrons. The molecule has 3 aromatic heterocycles. The molecule has 0 unspecified atom stereocenters. The molecule has 1 aromatic carbocycles. The molecule has 5 nitrogen and oxygen atoms in total. The van der Waals surface area contributed by atoms with Gasteiger partial charge in [-0.05, 0) is 36.6 Å². The summed E-state index contributed by atoms with van der Waals surface area (Å²) in [5.74, 6) is 2.14. The highest BCUT2D eigenvalue weighted by Gasteiger charge is 2.15. The van der Waals surface area contributed by atoms with E-state index < -0.39 is 0 Å². The van der Waals surface area contributed by atoms with Gasteiger partial charge in [-0.2, -0.15) is 0 Å². The van der Waals surface area contributed by atoms with Crippen molar-refractivity contribution in [2.45, 2.75) is 24.4 Å². The van der Waals surface area contributed by atoms with E-state index in [1.807, 2.05) is 35.7 Å². The summed E-state index contributed by atoms with van der Waals surface area (Å²) < 4.78 is 7.71. The second kappa shape index (κ2) is 7.65. The van der Waals surface area contributed by atoms with Crippen molar-refractivity contribution in [2.24, 2.45) is 0 Å². The third-order valence-corrected chi connectivity index (χ3v) is 5.85. The molecule has 4 rings (SSSR count). The van der Waals surface area contributed by atoms with Crippen LogP contribution in [0.15, 0.2) is 57.6 Å². The smallest absolute Gasteiger partial charge is 0.226 e. The Morgan fingerprint density at radius 3 is 2.92 bits per heavy atom. The van der Waals surface area contributed by atoms with Crippen LogP contribution < -0.4 is 0 Å². The maximum Gasteiger partial charge on any atom is 0.226 e. The Hall–Kier alpha value is -2.09. The molecule has 0 aliphatic heterocycles. The number of rotatable bonds is 6. The molecule has 0 aliphatic carbocycles. The van der Waals surface area contributed by atoms with E-state index in [-0.39, 0.29) is 0 Å². The van der Waals surface area contributed by atoms with Gasteiger partial charge in [0.25, 0.3) is 0 Å². The molecule has 0 spiro atoms. The molecule has 0 radical (unpaired) electrons. The predicted molar refractivity (Wildman–Crippen MR) is 106 cm³/mol. The van der Waals surface area contributed by atoms with E-state index in [1.54, 1.807) is 29.4 Å². The van der Waals surface area contributed by atoms with Crippen molar-refractivity contribution in [3.05, 3.63) is 58.8 Å². The standard InChI is InChI=1S/C18H15ClN4OS2/c1-2-23-16(15-7-4-8-25-15)21-22-18(23)26-11-14-10-24-17(20-14)12-5-3-6-13(19)9-12/h3-10H,2,11H2,1H3. The minimum atomic E-state index is 0.569. The predicted octanol–water partition coefficient (Wildman–Crippen LogP) is 5.63. The van der Waals surface area contributed by atoms with E-state index in [0.717, 1.165) is 33.7 Å². The van der Waals surface area contributed by atoms with Crippen LogP contribution >= 0.6 is 34.7 Å². The summed E-state index contributed by atoms with van der Waals surface area (Å²) in [5.41, 5.74) is 1.72. The summed E-state index contributed by atoms with van der Waals surface area (Å²) in [5, 5.41) is 12.3. The topological polar surface area (TPSA) is 56.7 Å². The number of aromatic nitrogens is 4. The molecule has 0 bridgehead atoms. The van der Waals surface area contributed by atoms with Crippen LogP contribution in [-0.4, -0.2) is 19.7 Å². The summed E-state index contributed by atoms with van der Waals surface area (Å²) in [6.45, 7) is 2.91. The molecule has 0 amide bonds. The van der Waals surface area contributed by atoms with E-state index in [1.165, 1.54) is 0 Å². The molecule has 26 heavy (non-hydrogen) atoms. The number of nitrogens with zero attached hydrogens (tertiary/aromatic N) is 4. The lowest BCUT2D eigenvalue weighted by Crippen LogP contribution is -1.99. The number of benzene rings is 1. The molecule has 4 aromatic rings. The van der Waals surface area contributed by atoms with E-state index >= 15 is 0 Å². The third kappa shape index (κ3) is 3.56. The lowest BCUT2D eigenvalue weighted by molar-refractivity contribution is 0.573.